The average molecular weight is 369 g/mol. The van der Waals surface area contributed by atoms with Crippen LogP contribution in [0.2, 0.25) is 0 Å². The lowest BCUT2D eigenvalue weighted by molar-refractivity contribution is -0.213. The van der Waals surface area contributed by atoms with Gasteiger partial charge in [0, 0.05) is 49.5 Å². The summed E-state index contributed by atoms with van der Waals surface area (Å²) in [4.78, 5) is 4.54. The molecule has 0 radical (unpaired) electrons. The molecule has 2 aromatic rings. The highest BCUT2D eigenvalue weighted by molar-refractivity contribution is 5.79. The van der Waals surface area contributed by atoms with Gasteiger partial charge in [-0.2, -0.15) is 0 Å². The van der Waals surface area contributed by atoms with Crippen LogP contribution in [0.4, 0.5) is 11.4 Å². The van der Waals surface area contributed by atoms with Gasteiger partial charge in [-0.3, -0.25) is 0 Å². The molecular weight excluding hydrogens is 342 g/mol. The summed E-state index contributed by atoms with van der Waals surface area (Å²) < 4.78 is 13.6. The maximum atomic E-state index is 5.87. The van der Waals surface area contributed by atoms with Crippen LogP contribution in [0.5, 0.6) is 0 Å². The van der Waals surface area contributed by atoms with E-state index in [1.54, 1.807) is 0 Å². The summed E-state index contributed by atoms with van der Waals surface area (Å²) in [5.41, 5.74) is 4.73. The van der Waals surface area contributed by atoms with Crippen LogP contribution >= 0.6 is 0 Å². The Morgan fingerprint density at radius 3 is 2.59 bits per heavy atom. The SMILES string of the molecule is CN(C)c1cc(N2CCC2)ccc1-c1cn(CC2OCC3(CC3)CO2)nn1. The molecule has 144 valence electrons. The first kappa shape index (κ1) is 17.0. The Kier molecular flexibility index (Phi) is 4.09. The average Bonchev–Trinajstić information content (AvgIpc) is 3.21. The van der Waals surface area contributed by atoms with E-state index in [1.807, 2.05) is 10.9 Å². The third-order valence-corrected chi connectivity index (χ3v) is 5.94. The highest BCUT2D eigenvalue weighted by Gasteiger charge is 2.46. The van der Waals surface area contributed by atoms with E-state index >= 15 is 0 Å². The van der Waals surface area contributed by atoms with E-state index in [0.29, 0.717) is 12.0 Å². The zero-order valence-electron chi connectivity index (χ0n) is 16.1. The summed E-state index contributed by atoms with van der Waals surface area (Å²) in [5, 5.41) is 8.71. The Morgan fingerprint density at radius 1 is 1.19 bits per heavy atom. The molecule has 0 unspecified atom stereocenters. The molecular formula is C20H27N5O2. The van der Waals surface area contributed by atoms with Crippen LogP contribution in [0.25, 0.3) is 11.3 Å². The fourth-order valence-corrected chi connectivity index (χ4v) is 3.74. The molecule has 0 bridgehead atoms. The standard InChI is InChI=1S/C20H27N5O2/c1-23(2)18-10-15(24-8-3-9-24)4-5-16(18)17-11-25(22-21-17)12-19-26-13-20(6-7-20)14-27-19/h4-5,10-11,19H,3,6-9,12-14H2,1-2H3. The lowest BCUT2D eigenvalue weighted by atomic mass is 10.1. The van der Waals surface area contributed by atoms with Gasteiger partial charge < -0.3 is 19.3 Å². The predicted molar refractivity (Wildman–Crippen MR) is 104 cm³/mol. The van der Waals surface area contributed by atoms with E-state index < -0.39 is 0 Å². The van der Waals surface area contributed by atoms with Gasteiger partial charge in [0.15, 0.2) is 6.29 Å². The van der Waals surface area contributed by atoms with E-state index in [-0.39, 0.29) is 6.29 Å². The zero-order valence-corrected chi connectivity index (χ0v) is 16.1. The zero-order chi connectivity index (χ0) is 18.4. The summed E-state index contributed by atoms with van der Waals surface area (Å²) in [7, 11) is 4.14. The minimum absolute atomic E-state index is 0.229. The van der Waals surface area contributed by atoms with Gasteiger partial charge in [0.1, 0.15) is 5.69 Å². The van der Waals surface area contributed by atoms with E-state index in [2.05, 4.69) is 52.4 Å². The smallest absolute Gasteiger partial charge is 0.177 e. The Labute approximate surface area is 159 Å². The fourth-order valence-electron chi connectivity index (χ4n) is 3.74. The molecule has 1 aliphatic carbocycles. The normalized spacial score (nSPS) is 21.3. The minimum Gasteiger partial charge on any atom is -0.377 e. The van der Waals surface area contributed by atoms with Gasteiger partial charge in [-0.05, 0) is 37.5 Å². The summed E-state index contributed by atoms with van der Waals surface area (Å²) in [5.74, 6) is 0. The van der Waals surface area contributed by atoms with Crippen molar-refractivity contribution in [3.63, 3.8) is 0 Å². The fraction of sp³-hybridized carbons (Fsp3) is 0.600. The third-order valence-electron chi connectivity index (χ3n) is 5.94. The first-order valence-electron chi connectivity index (χ1n) is 9.82. The quantitative estimate of drug-likeness (QED) is 0.807. The predicted octanol–water partition coefficient (Wildman–Crippen LogP) is 2.37. The number of ether oxygens (including phenoxy) is 2. The summed E-state index contributed by atoms with van der Waals surface area (Å²) in [6.45, 7) is 4.48. The number of benzene rings is 1. The molecule has 3 fully saturated rings. The van der Waals surface area contributed by atoms with E-state index in [4.69, 9.17) is 9.47 Å². The first-order valence-corrected chi connectivity index (χ1v) is 9.82. The van der Waals surface area contributed by atoms with Crippen LogP contribution < -0.4 is 9.80 Å². The Balaban J connectivity index is 1.32. The van der Waals surface area contributed by atoms with Gasteiger partial charge >= 0.3 is 0 Å². The lowest BCUT2D eigenvalue weighted by Crippen LogP contribution is -2.37. The Morgan fingerprint density at radius 2 is 1.96 bits per heavy atom. The van der Waals surface area contributed by atoms with Crippen molar-refractivity contribution in [3.8, 4) is 11.3 Å². The van der Waals surface area contributed by atoms with Gasteiger partial charge in [-0.15, -0.1) is 5.10 Å². The third kappa shape index (κ3) is 3.30. The second kappa shape index (κ2) is 6.49. The molecule has 2 aliphatic heterocycles. The molecule has 27 heavy (non-hydrogen) atoms. The molecule has 5 rings (SSSR count). The molecule has 3 heterocycles. The van der Waals surface area contributed by atoms with Crippen molar-refractivity contribution in [3.05, 3.63) is 24.4 Å². The first-order chi connectivity index (χ1) is 13.1. The van der Waals surface area contributed by atoms with Crippen molar-refractivity contribution in [2.24, 2.45) is 5.41 Å². The van der Waals surface area contributed by atoms with Gasteiger partial charge in [0.25, 0.3) is 0 Å². The largest absolute Gasteiger partial charge is 0.377 e. The molecule has 1 spiro atoms. The number of nitrogens with zero attached hydrogens (tertiary/aromatic N) is 5. The maximum absolute atomic E-state index is 5.87. The molecule has 1 saturated carbocycles. The summed E-state index contributed by atoms with van der Waals surface area (Å²) in [6, 6.07) is 6.58. The van der Waals surface area contributed by atoms with Crippen LogP contribution in [-0.2, 0) is 16.0 Å². The number of anilines is 2. The second-order valence-electron chi connectivity index (χ2n) is 8.31. The molecule has 1 aromatic heterocycles. The van der Waals surface area contributed by atoms with Gasteiger partial charge in [0.05, 0.1) is 26.0 Å². The molecule has 7 nitrogen and oxygen atoms in total. The second-order valence-corrected chi connectivity index (χ2v) is 8.31. The van der Waals surface area contributed by atoms with Gasteiger partial charge in [-0.1, -0.05) is 5.21 Å². The topological polar surface area (TPSA) is 55.7 Å². The molecule has 1 aromatic carbocycles. The van der Waals surface area contributed by atoms with Crippen LogP contribution in [0, 0.1) is 5.41 Å². The molecule has 3 aliphatic rings. The highest BCUT2D eigenvalue weighted by atomic mass is 16.7. The van der Waals surface area contributed by atoms with E-state index in [0.717, 1.165) is 43.2 Å². The van der Waals surface area contributed by atoms with Crippen molar-refractivity contribution in [1.29, 1.82) is 0 Å². The van der Waals surface area contributed by atoms with Crippen molar-refractivity contribution < 1.29 is 9.47 Å². The van der Waals surface area contributed by atoms with Crippen LogP contribution in [0.3, 0.4) is 0 Å². The minimum atomic E-state index is -0.229. The lowest BCUT2D eigenvalue weighted by Gasteiger charge is -2.34. The number of rotatable bonds is 5. The number of hydrogen-bond donors (Lipinski definition) is 0. The Hall–Kier alpha value is -2.12. The number of aromatic nitrogens is 3. The Bertz CT molecular complexity index is 816. The van der Waals surface area contributed by atoms with Crippen molar-refractivity contribution in [1.82, 2.24) is 15.0 Å². The van der Waals surface area contributed by atoms with Crippen molar-refractivity contribution in [2.45, 2.75) is 32.1 Å². The molecule has 2 saturated heterocycles. The molecule has 0 amide bonds. The number of hydrogen-bond acceptors (Lipinski definition) is 6. The van der Waals surface area contributed by atoms with Crippen molar-refractivity contribution in [2.75, 3.05) is 50.2 Å². The van der Waals surface area contributed by atoms with Crippen LogP contribution in [0.15, 0.2) is 24.4 Å². The van der Waals surface area contributed by atoms with E-state index in [1.165, 1.54) is 24.9 Å². The molecule has 7 heteroatoms. The van der Waals surface area contributed by atoms with Gasteiger partial charge in [-0.25, -0.2) is 4.68 Å². The van der Waals surface area contributed by atoms with Crippen molar-refractivity contribution >= 4 is 11.4 Å². The summed E-state index contributed by atoms with van der Waals surface area (Å²) >= 11 is 0. The monoisotopic (exact) mass is 369 g/mol. The van der Waals surface area contributed by atoms with Gasteiger partial charge in [0.2, 0.25) is 0 Å². The highest BCUT2D eigenvalue weighted by Crippen LogP contribution is 2.48. The summed E-state index contributed by atoms with van der Waals surface area (Å²) in [6.07, 6.45) is 5.49. The van der Waals surface area contributed by atoms with Crippen LogP contribution in [-0.4, -0.2) is 61.7 Å². The molecule has 0 N–H and O–H groups in total. The van der Waals surface area contributed by atoms with Crippen LogP contribution in [0.1, 0.15) is 19.3 Å². The molecule has 0 atom stereocenters. The maximum Gasteiger partial charge on any atom is 0.177 e. The van der Waals surface area contributed by atoms with E-state index in [9.17, 15) is 0 Å².